The van der Waals surface area contributed by atoms with Crippen molar-refractivity contribution in [2.24, 2.45) is 0 Å². The molecule has 0 radical (unpaired) electrons. The van der Waals surface area contributed by atoms with Crippen molar-refractivity contribution in [1.82, 2.24) is 10.2 Å². The van der Waals surface area contributed by atoms with Crippen LogP contribution in [0, 0.1) is 17.5 Å². The van der Waals surface area contributed by atoms with E-state index in [0.29, 0.717) is 6.07 Å². The number of benzene rings is 1. The summed E-state index contributed by atoms with van der Waals surface area (Å²) in [5, 5.41) is 20.6. The van der Waals surface area contributed by atoms with E-state index in [4.69, 9.17) is 9.84 Å². The maximum absolute atomic E-state index is 14.9. The van der Waals surface area contributed by atoms with Gasteiger partial charge in [0.05, 0.1) is 38.1 Å². The summed E-state index contributed by atoms with van der Waals surface area (Å²) in [5.41, 5.74) is -1.16. The van der Waals surface area contributed by atoms with Crippen molar-refractivity contribution >= 4 is 29.4 Å². The first-order valence-corrected chi connectivity index (χ1v) is 9.92. The fraction of sp³-hybridized carbons (Fsp3) is 0.450. The Balaban J connectivity index is 1.79. The number of aliphatic hydroxyl groups is 2. The van der Waals surface area contributed by atoms with Crippen LogP contribution in [0.5, 0.6) is 0 Å². The van der Waals surface area contributed by atoms with E-state index in [9.17, 15) is 32.7 Å². The average molecular weight is 473 g/mol. The van der Waals surface area contributed by atoms with E-state index in [1.165, 1.54) is 11.0 Å². The topological polar surface area (TPSA) is 129 Å². The molecule has 1 aromatic carbocycles. The number of aliphatic hydroxyl groups excluding tert-OH is 2. The smallest absolute Gasteiger partial charge is 0.414 e. The number of cyclic esters (lactones) is 1. The SMILES string of the molecule is COC(=O)NC[C@H]1CN(c2cc(F)c(C3=CCN(C(=O)[C@@H](O)CO)CC3)c(F)c2F)C(=O)O1. The van der Waals surface area contributed by atoms with Gasteiger partial charge in [0.2, 0.25) is 0 Å². The molecule has 1 saturated heterocycles. The third-order valence-electron chi connectivity index (χ3n) is 5.26. The van der Waals surface area contributed by atoms with Crippen LogP contribution in [0.2, 0.25) is 0 Å². The van der Waals surface area contributed by atoms with Gasteiger partial charge in [0, 0.05) is 19.2 Å². The van der Waals surface area contributed by atoms with Crippen LogP contribution in [-0.4, -0.2) is 85.3 Å². The summed E-state index contributed by atoms with van der Waals surface area (Å²) in [6, 6.07) is 0.680. The van der Waals surface area contributed by atoms with Gasteiger partial charge in [-0.25, -0.2) is 22.8 Å². The number of hydrogen-bond acceptors (Lipinski definition) is 7. The van der Waals surface area contributed by atoms with Gasteiger partial charge in [-0.05, 0) is 12.0 Å². The van der Waals surface area contributed by atoms with Crippen LogP contribution in [0.4, 0.5) is 28.4 Å². The van der Waals surface area contributed by atoms with E-state index < -0.39 is 65.6 Å². The number of amides is 3. The van der Waals surface area contributed by atoms with Gasteiger partial charge in [-0.2, -0.15) is 0 Å². The fourth-order valence-corrected chi connectivity index (χ4v) is 3.55. The summed E-state index contributed by atoms with van der Waals surface area (Å²) in [5.74, 6) is -4.82. The van der Waals surface area contributed by atoms with E-state index in [2.05, 4.69) is 10.1 Å². The standard InChI is InChI=1S/C20H22F3N3O7/c1-32-19(30)24-7-11-8-26(20(31)33-11)13-6-12(21)15(17(23)16(13)22)10-2-4-25(5-3-10)18(29)14(28)9-27/h2,6,11,14,27-28H,3-5,7-9H2,1H3,(H,24,30)/t11-,14-/m0/s1. The Bertz CT molecular complexity index is 988. The first-order valence-electron chi connectivity index (χ1n) is 9.92. The molecular weight excluding hydrogens is 451 g/mol. The molecule has 2 heterocycles. The lowest BCUT2D eigenvalue weighted by atomic mass is 9.97. The average Bonchev–Trinajstić information content (AvgIpc) is 3.19. The van der Waals surface area contributed by atoms with Gasteiger partial charge < -0.3 is 29.9 Å². The summed E-state index contributed by atoms with van der Waals surface area (Å²) in [4.78, 5) is 37.1. The molecule has 180 valence electrons. The molecule has 2 aliphatic heterocycles. The maximum Gasteiger partial charge on any atom is 0.414 e. The van der Waals surface area contributed by atoms with Crippen LogP contribution in [0.1, 0.15) is 12.0 Å². The van der Waals surface area contributed by atoms with Gasteiger partial charge in [-0.1, -0.05) is 6.08 Å². The number of nitrogens with zero attached hydrogens (tertiary/aromatic N) is 2. The summed E-state index contributed by atoms with van der Waals surface area (Å²) >= 11 is 0. The predicted octanol–water partition coefficient (Wildman–Crippen LogP) is 0.754. The van der Waals surface area contributed by atoms with Crippen LogP contribution in [0.15, 0.2) is 12.1 Å². The maximum atomic E-state index is 14.9. The van der Waals surface area contributed by atoms with E-state index >= 15 is 0 Å². The Labute approximate surface area is 186 Å². The molecule has 13 heteroatoms. The van der Waals surface area contributed by atoms with E-state index in [1.807, 2.05) is 0 Å². The Morgan fingerprint density at radius 1 is 1.33 bits per heavy atom. The number of carbonyl (C=O) groups excluding carboxylic acids is 3. The molecule has 2 atom stereocenters. The number of carbonyl (C=O) groups is 3. The highest BCUT2D eigenvalue weighted by Crippen LogP contribution is 2.35. The van der Waals surface area contributed by atoms with Gasteiger partial charge in [0.1, 0.15) is 11.9 Å². The van der Waals surface area contributed by atoms with Gasteiger partial charge in [-0.15, -0.1) is 0 Å². The number of anilines is 1. The zero-order valence-corrected chi connectivity index (χ0v) is 17.5. The number of rotatable bonds is 6. The Morgan fingerprint density at radius 2 is 2.06 bits per heavy atom. The first kappa shape index (κ1) is 24.3. The highest BCUT2D eigenvalue weighted by molar-refractivity contribution is 5.90. The zero-order chi connectivity index (χ0) is 24.3. The van der Waals surface area contributed by atoms with Crippen molar-refractivity contribution in [3.8, 4) is 0 Å². The summed E-state index contributed by atoms with van der Waals surface area (Å²) < 4.78 is 53.9. The van der Waals surface area contributed by atoms with Crippen molar-refractivity contribution in [2.75, 3.05) is 44.8 Å². The molecule has 0 bridgehead atoms. The Hall–Kier alpha value is -3.32. The second-order valence-electron chi connectivity index (χ2n) is 7.33. The number of methoxy groups -OCH3 is 1. The number of hydrogen-bond donors (Lipinski definition) is 3. The minimum atomic E-state index is -1.60. The van der Waals surface area contributed by atoms with Gasteiger partial charge in [0.15, 0.2) is 17.7 Å². The van der Waals surface area contributed by atoms with Crippen LogP contribution in [-0.2, 0) is 14.3 Å². The molecule has 3 N–H and O–H groups in total. The largest absolute Gasteiger partial charge is 0.453 e. The van der Waals surface area contributed by atoms with E-state index in [-0.39, 0.29) is 38.2 Å². The van der Waals surface area contributed by atoms with Gasteiger partial charge >= 0.3 is 12.2 Å². The number of halogens is 3. The second kappa shape index (κ2) is 10.1. The molecule has 10 nitrogen and oxygen atoms in total. The normalized spacial score (nSPS) is 19.2. The molecule has 1 aromatic rings. The molecular formula is C20H22F3N3O7. The van der Waals surface area contributed by atoms with Crippen LogP contribution < -0.4 is 10.2 Å². The third kappa shape index (κ3) is 5.03. The molecule has 0 unspecified atom stereocenters. The van der Waals surface area contributed by atoms with Crippen molar-refractivity contribution in [1.29, 1.82) is 0 Å². The number of nitrogens with one attached hydrogen (secondary N) is 1. The lowest BCUT2D eigenvalue weighted by Crippen LogP contribution is -2.42. The summed E-state index contributed by atoms with van der Waals surface area (Å²) in [6.07, 6.45) is -3.00. The molecule has 0 aliphatic carbocycles. The predicted molar refractivity (Wildman–Crippen MR) is 107 cm³/mol. The number of ether oxygens (including phenoxy) is 2. The van der Waals surface area contributed by atoms with E-state index in [0.717, 1.165) is 12.0 Å². The van der Waals surface area contributed by atoms with Crippen LogP contribution >= 0.6 is 0 Å². The quantitative estimate of drug-likeness (QED) is 0.520. The fourth-order valence-electron chi connectivity index (χ4n) is 3.55. The van der Waals surface area contributed by atoms with Crippen molar-refractivity contribution in [3.05, 3.63) is 35.2 Å². The zero-order valence-electron chi connectivity index (χ0n) is 17.5. The highest BCUT2D eigenvalue weighted by Gasteiger charge is 2.36. The monoisotopic (exact) mass is 473 g/mol. The second-order valence-corrected chi connectivity index (χ2v) is 7.33. The molecule has 3 rings (SSSR count). The Morgan fingerprint density at radius 3 is 2.67 bits per heavy atom. The van der Waals surface area contributed by atoms with Gasteiger partial charge in [-0.3, -0.25) is 9.69 Å². The molecule has 33 heavy (non-hydrogen) atoms. The summed E-state index contributed by atoms with van der Waals surface area (Å²) in [6.45, 7) is -1.27. The van der Waals surface area contributed by atoms with E-state index in [1.54, 1.807) is 0 Å². The number of alkyl carbamates (subject to hydrolysis) is 1. The lowest BCUT2D eigenvalue weighted by molar-refractivity contribution is -0.141. The van der Waals surface area contributed by atoms with Crippen molar-refractivity contribution < 1.29 is 47.2 Å². The molecule has 0 aromatic heterocycles. The minimum Gasteiger partial charge on any atom is -0.453 e. The summed E-state index contributed by atoms with van der Waals surface area (Å²) in [7, 11) is 1.14. The highest BCUT2D eigenvalue weighted by atomic mass is 19.2. The minimum absolute atomic E-state index is 0.00268. The molecule has 0 spiro atoms. The third-order valence-corrected chi connectivity index (χ3v) is 5.26. The molecule has 2 aliphatic rings. The Kier molecular flexibility index (Phi) is 7.43. The first-order chi connectivity index (χ1) is 15.7. The lowest BCUT2D eigenvalue weighted by Gasteiger charge is -2.28. The molecule has 0 saturated carbocycles. The molecule has 1 fully saturated rings. The van der Waals surface area contributed by atoms with Crippen LogP contribution in [0.25, 0.3) is 5.57 Å². The van der Waals surface area contributed by atoms with Crippen LogP contribution in [0.3, 0.4) is 0 Å². The van der Waals surface area contributed by atoms with Gasteiger partial charge in [0.25, 0.3) is 5.91 Å². The van der Waals surface area contributed by atoms with Crippen molar-refractivity contribution in [2.45, 2.75) is 18.6 Å². The van der Waals surface area contributed by atoms with Crippen molar-refractivity contribution in [3.63, 3.8) is 0 Å². The molecule has 3 amide bonds.